The number of hydrogen-bond donors (Lipinski definition) is 4. The van der Waals surface area contributed by atoms with Crippen molar-refractivity contribution < 1.29 is 14.4 Å². The first kappa shape index (κ1) is 17.1. The first-order valence-electron chi connectivity index (χ1n) is 7.32. The summed E-state index contributed by atoms with van der Waals surface area (Å²) in [5.41, 5.74) is 7.51. The molecule has 0 saturated carbocycles. The van der Waals surface area contributed by atoms with Crippen LogP contribution in [0.15, 0.2) is 41.5 Å². The molecule has 25 heavy (non-hydrogen) atoms. The fourth-order valence-electron chi connectivity index (χ4n) is 2.40. The number of hydrogen-bond acceptors (Lipinski definition) is 5. The molecule has 0 atom stereocenters. The highest BCUT2D eigenvalue weighted by atomic mass is 31.2. The number of allylic oxidation sites excluding steroid dienone is 1. The van der Waals surface area contributed by atoms with E-state index in [2.05, 4.69) is 15.0 Å². The van der Waals surface area contributed by atoms with E-state index >= 15 is 0 Å². The number of imidazole rings is 1. The van der Waals surface area contributed by atoms with Gasteiger partial charge < -0.3 is 20.1 Å². The van der Waals surface area contributed by atoms with Crippen LogP contribution in [0.25, 0.3) is 17.2 Å². The van der Waals surface area contributed by atoms with Gasteiger partial charge in [0.05, 0.1) is 19.0 Å². The van der Waals surface area contributed by atoms with Crippen molar-refractivity contribution >= 4 is 30.8 Å². The van der Waals surface area contributed by atoms with Crippen LogP contribution in [-0.4, -0.2) is 35.5 Å². The molecule has 0 fully saturated rings. The molecule has 5 N–H and O–H groups in total. The normalized spacial score (nSPS) is 12.2. The maximum atomic E-state index is 11.8. The van der Waals surface area contributed by atoms with Gasteiger partial charge in [-0.05, 0) is 17.2 Å². The van der Waals surface area contributed by atoms with Crippen LogP contribution in [0.4, 0.5) is 5.95 Å². The fourth-order valence-corrected chi connectivity index (χ4v) is 2.78. The third kappa shape index (κ3) is 4.21. The van der Waals surface area contributed by atoms with Crippen LogP contribution in [-0.2, 0) is 11.1 Å². The number of fused-ring (bicyclic) bond motifs is 1. The van der Waals surface area contributed by atoms with E-state index in [1.807, 2.05) is 24.3 Å². The minimum atomic E-state index is -4.05. The number of nitrogens with one attached hydrogen (secondary N) is 1. The van der Waals surface area contributed by atoms with Gasteiger partial charge in [-0.2, -0.15) is 4.98 Å². The minimum absolute atomic E-state index is 0.0216. The van der Waals surface area contributed by atoms with Crippen LogP contribution in [0.2, 0.25) is 0 Å². The Morgan fingerprint density at radius 3 is 2.92 bits per heavy atom. The number of nitrogens with zero attached hydrogens (tertiary/aromatic N) is 3. The first-order valence-corrected chi connectivity index (χ1v) is 9.12. The quantitative estimate of drug-likeness (QED) is 0.494. The van der Waals surface area contributed by atoms with Crippen molar-refractivity contribution in [3.8, 4) is 0 Å². The third-order valence-electron chi connectivity index (χ3n) is 3.45. The molecule has 0 radical (unpaired) electrons. The molecule has 0 aliphatic rings. The third-order valence-corrected chi connectivity index (χ3v) is 4.14. The number of aromatic nitrogens is 4. The lowest BCUT2D eigenvalue weighted by molar-refractivity contribution is 0.377. The SMILES string of the molecule is Nc1nc2c(ncn2Cc2cccc(/C=C/CP(=O)(O)O)c2)c(=O)[nH]1. The number of anilines is 1. The second-order valence-electron chi connectivity index (χ2n) is 5.49. The second kappa shape index (κ2) is 6.64. The van der Waals surface area contributed by atoms with Gasteiger partial charge in [0.25, 0.3) is 5.56 Å². The Kier molecular flexibility index (Phi) is 4.54. The highest BCUT2D eigenvalue weighted by Gasteiger charge is 2.10. The molecule has 0 spiro atoms. The van der Waals surface area contributed by atoms with E-state index in [1.54, 1.807) is 10.6 Å². The van der Waals surface area contributed by atoms with Crippen LogP contribution >= 0.6 is 7.60 Å². The van der Waals surface area contributed by atoms with Gasteiger partial charge in [-0.25, -0.2) is 4.98 Å². The minimum Gasteiger partial charge on any atom is -0.369 e. The van der Waals surface area contributed by atoms with E-state index in [4.69, 9.17) is 15.5 Å². The van der Waals surface area contributed by atoms with E-state index in [0.717, 1.165) is 11.1 Å². The van der Waals surface area contributed by atoms with Crippen molar-refractivity contribution in [3.05, 3.63) is 58.1 Å². The van der Waals surface area contributed by atoms with Crippen LogP contribution in [0.1, 0.15) is 11.1 Å². The lowest BCUT2D eigenvalue weighted by Crippen LogP contribution is -2.12. The van der Waals surface area contributed by atoms with Crippen molar-refractivity contribution in [1.29, 1.82) is 0 Å². The maximum Gasteiger partial charge on any atom is 0.329 e. The van der Waals surface area contributed by atoms with E-state index in [9.17, 15) is 9.36 Å². The smallest absolute Gasteiger partial charge is 0.329 e. The molecule has 0 saturated heterocycles. The molecule has 1 aromatic carbocycles. The molecule has 0 unspecified atom stereocenters. The standard InChI is InChI=1S/C15H16N5O4P/c16-15-18-13-12(14(21)19-15)17-9-20(13)8-11-4-1-3-10(7-11)5-2-6-25(22,23)24/h1-5,7,9H,6,8H2,(H2,22,23,24)(H3,16,18,19,21)/b5-2+. The molecule has 130 valence electrons. The molecule has 9 nitrogen and oxygen atoms in total. The van der Waals surface area contributed by atoms with Gasteiger partial charge in [0.15, 0.2) is 11.2 Å². The molecular weight excluding hydrogens is 345 g/mol. The zero-order valence-corrected chi connectivity index (χ0v) is 13.9. The Morgan fingerprint density at radius 2 is 2.16 bits per heavy atom. The fraction of sp³-hybridized carbons (Fsp3) is 0.133. The largest absolute Gasteiger partial charge is 0.369 e. The number of rotatable bonds is 5. The molecule has 2 heterocycles. The summed E-state index contributed by atoms with van der Waals surface area (Å²) in [6, 6.07) is 7.42. The van der Waals surface area contributed by atoms with Gasteiger partial charge >= 0.3 is 7.60 Å². The molecule has 0 aliphatic heterocycles. The second-order valence-corrected chi connectivity index (χ2v) is 7.19. The van der Waals surface area contributed by atoms with Crippen LogP contribution in [0.3, 0.4) is 0 Å². The Balaban J connectivity index is 1.86. The van der Waals surface area contributed by atoms with Gasteiger partial charge in [0.2, 0.25) is 5.95 Å². The summed E-state index contributed by atoms with van der Waals surface area (Å²) in [6.45, 7) is 0.423. The van der Waals surface area contributed by atoms with Crippen LogP contribution in [0, 0.1) is 0 Å². The summed E-state index contributed by atoms with van der Waals surface area (Å²) in [4.78, 5) is 40.1. The van der Waals surface area contributed by atoms with Gasteiger partial charge in [-0.3, -0.25) is 14.3 Å². The lowest BCUT2D eigenvalue weighted by atomic mass is 10.1. The highest BCUT2D eigenvalue weighted by molar-refractivity contribution is 7.51. The lowest BCUT2D eigenvalue weighted by Gasteiger charge is -2.05. The molecule has 0 aliphatic carbocycles. The average Bonchev–Trinajstić information content (AvgIpc) is 2.89. The zero-order chi connectivity index (χ0) is 18.0. The van der Waals surface area contributed by atoms with E-state index < -0.39 is 13.2 Å². The van der Waals surface area contributed by atoms with E-state index in [0.29, 0.717) is 12.2 Å². The number of benzene rings is 1. The number of nitrogens with two attached hydrogens (primary N) is 1. The number of nitrogen functional groups attached to an aromatic ring is 1. The Labute approximate surface area is 142 Å². The van der Waals surface area contributed by atoms with E-state index in [-0.39, 0.29) is 17.6 Å². The molecule has 10 heteroatoms. The van der Waals surface area contributed by atoms with Crippen molar-refractivity contribution in [2.75, 3.05) is 11.9 Å². The first-order chi connectivity index (χ1) is 11.8. The Bertz CT molecular complexity index is 1050. The molecular formula is C15H16N5O4P. The molecule has 2 aromatic heterocycles. The molecule has 0 amide bonds. The van der Waals surface area contributed by atoms with Gasteiger partial charge in [0, 0.05) is 0 Å². The Morgan fingerprint density at radius 1 is 1.36 bits per heavy atom. The summed E-state index contributed by atoms with van der Waals surface area (Å²) in [5, 5.41) is 0. The highest BCUT2D eigenvalue weighted by Crippen LogP contribution is 2.34. The topological polar surface area (TPSA) is 147 Å². The van der Waals surface area contributed by atoms with Crippen molar-refractivity contribution in [1.82, 2.24) is 19.5 Å². The Hall–Kier alpha value is -2.74. The summed E-state index contributed by atoms with van der Waals surface area (Å²) in [6.07, 6.45) is 4.29. The number of H-pyrrole nitrogens is 1. The summed E-state index contributed by atoms with van der Waals surface area (Å²) in [5.74, 6) is 0.0216. The average molecular weight is 361 g/mol. The summed E-state index contributed by atoms with van der Waals surface area (Å²) >= 11 is 0. The molecule has 0 bridgehead atoms. The summed E-state index contributed by atoms with van der Waals surface area (Å²) in [7, 11) is -4.05. The molecule has 3 rings (SSSR count). The van der Waals surface area contributed by atoms with Crippen molar-refractivity contribution in [2.24, 2.45) is 0 Å². The van der Waals surface area contributed by atoms with Gasteiger partial charge in [0.1, 0.15) is 0 Å². The number of aromatic amines is 1. The van der Waals surface area contributed by atoms with Crippen molar-refractivity contribution in [2.45, 2.75) is 6.54 Å². The van der Waals surface area contributed by atoms with Crippen LogP contribution < -0.4 is 11.3 Å². The maximum absolute atomic E-state index is 11.8. The van der Waals surface area contributed by atoms with E-state index in [1.165, 1.54) is 12.4 Å². The van der Waals surface area contributed by atoms with Gasteiger partial charge in [-0.1, -0.05) is 30.4 Å². The zero-order valence-electron chi connectivity index (χ0n) is 13.0. The predicted molar refractivity (Wildman–Crippen MR) is 94.1 cm³/mol. The molecule has 3 aromatic rings. The predicted octanol–water partition coefficient (Wildman–Crippen LogP) is 0.941. The van der Waals surface area contributed by atoms with Crippen LogP contribution in [0.5, 0.6) is 0 Å². The van der Waals surface area contributed by atoms with Crippen molar-refractivity contribution in [3.63, 3.8) is 0 Å². The monoisotopic (exact) mass is 361 g/mol. The summed E-state index contributed by atoms with van der Waals surface area (Å²) < 4.78 is 12.6. The van der Waals surface area contributed by atoms with Gasteiger partial charge in [-0.15, -0.1) is 0 Å².